The number of carbonyl (C=O) groups excluding carboxylic acids is 1. The third-order valence-corrected chi connectivity index (χ3v) is 15.3. The molecule has 4 N–H and O–H groups in total. The van der Waals surface area contributed by atoms with Gasteiger partial charge in [0, 0.05) is 11.3 Å². The normalized spacial score (nSPS) is 52.6. The molecule has 0 radical (unpaired) electrons. The van der Waals surface area contributed by atoms with Gasteiger partial charge in [0.25, 0.3) is 0 Å². The van der Waals surface area contributed by atoms with Crippen molar-refractivity contribution in [3.8, 4) is 0 Å². The molecule has 6 rings (SSSR count). The van der Waals surface area contributed by atoms with Gasteiger partial charge in [-0.1, -0.05) is 41.5 Å². The lowest BCUT2D eigenvalue weighted by molar-refractivity contribution is -0.218. The lowest BCUT2D eigenvalue weighted by Crippen LogP contribution is -2.62. The van der Waals surface area contributed by atoms with Crippen LogP contribution in [0.4, 0.5) is 0 Å². The van der Waals surface area contributed by atoms with Crippen LogP contribution in [-0.4, -0.2) is 62.9 Å². The molecule has 8 heteroatoms. The Morgan fingerprint density at radius 1 is 0.953 bits per heavy atom. The van der Waals surface area contributed by atoms with Crippen molar-refractivity contribution in [2.75, 3.05) is 0 Å². The largest absolute Gasteiger partial charge is 0.461 e. The summed E-state index contributed by atoms with van der Waals surface area (Å²) < 4.78 is 12.9. The van der Waals surface area contributed by atoms with Crippen molar-refractivity contribution in [3.05, 3.63) is 0 Å². The summed E-state index contributed by atoms with van der Waals surface area (Å²) in [4.78, 5) is 15.7. The molecular weight excluding hydrogens is 566 g/mol. The number of aliphatic hydroxyl groups excluding tert-OH is 2. The number of aliphatic hydroxyl groups is 3. The number of fused-ring (bicyclic) bond motifs is 2. The predicted octanol–water partition coefficient (Wildman–Crippen LogP) is 5.76. The van der Waals surface area contributed by atoms with Gasteiger partial charge >= 0.3 is 5.97 Å². The molecular formula is C35H58ClNO6. The zero-order chi connectivity index (χ0) is 31.8. The summed E-state index contributed by atoms with van der Waals surface area (Å²) in [7, 11) is 0. The monoisotopic (exact) mass is 623 g/mol. The molecule has 0 aromatic rings. The molecule has 246 valence electrons. The van der Waals surface area contributed by atoms with Crippen molar-refractivity contribution in [1.29, 1.82) is 0 Å². The number of nitrogens with one attached hydrogen (secondary N) is 1. The maximum Gasteiger partial charge on any atom is 0.324 e. The van der Waals surface area contributed by atoms with E-state index >= 15 is 0 Å². The SMILES string of the molecule is CC(C)[C@@H](NCl)C(=O)O[C@H]1CC[C@]23CC24CC[C@]2(C)[C@@H]([C@@]5(C)CC[C@@H](C(C)(C)O)O5)[C@@H](O)C[C@@]2(C)C4C[C@H](O)[C@H]3C1(C)C. The third kappa shape index (κ3) is 4.19. The summed E-state index contributed by atoms with van der Waals surface area (Å²) in [6.45, 7) is 18.9. The van der Waals surface area contributed by atoms with E-state index in [4.69, 9.17) is 21.3 Å². The van der Waals surface area contributed by atoms with Crippen molar-refractivity contribution in [2.45, 2.75) is 162 Å². The van der Waals surface area contributed by atoms with E-state index < -0.39 is 29.5 Å². The van der Waals surface area contributed by atoms with Crippen LogP contribution in [0.15, 0.2) is 0 Å². The Bertz CT molecular complexity index is 1140. The standard InChI is InChI=1S/C35H58ClNO6/c1-19(2)25(37-36)28(40)42-23-11-13-35-18-34(35)15-14-31(7)27(33(9)12-10-24(43-33)30(5,6)41)21(39)17-32(31,8)22(34)16-20(38)26(35)29(23,3)4/h19-27,37-39,41H,10-18H2,1-9H3/t20-,21-,22?,23-,24-,25+,26-,27-,31+,32-,33+,34?,35+/m0/s1. The Morgan fingerprint density at radius 3 is 2.21 bits per heavy atom. The highest BCUT2D eigenvalue weighted by molar-refractivity contribution is 6.14. The Hall–Kier alpha value is -0.440. The first-order chi connectivity index (χ1) is 19.7. The van der Waals surface area contributed by atoms with Crippen LogP contribution in [-0.2, 0) is 14.3 Å². The van der Waals surface area contributed by atoms with Crippen molar-refractivity contribution < 1.29 is 29.6 Å². The van der Waals surface area contributed by atoms with Crippen LogP contribution in [0.5, 0.6) is 0 Å². The van der Waals surface area contributed by atoms with Gasteiger partial charge in [0.05, 0.1) is 29.5 Å². The van der Waals surface area contributed by atoms with Gasteiger partial charge in [-0.2, -0.15) is 0 Å². The number of hydrogen-bond acceptors (Lipinski definition) is 7. The van der Waals surface area contributed by atoms with Gasteiger partial charge in [-0.05, 0) is 130 Å². The topological polar surface area (TPSA) is 108 Å². The lowest BCUT2D eigenvalue weighted by atomic mass is 9.41. The summed E-state index contributed by atoms with van der Waals surface area (Å²) in [6.07, 6.45) is 6.64. The molecule has 1 aliphatic heterocycles. The van der Waals surface area contributed by atoms with E-state index in [-0.39, 0.29) is 63.0 Å². The number of esters is 1. The second kappa shape index (κ2) is 9.79. The van der Waals surface area contributed by atoms with Crippen molar-refractivity contribution in [3.63, 3.8) is 0 Å². The van der Waals surface area contributed by atoms with E-state index in [1.807, 2.05) is 27.7 Å². The van der Waals surface area contributed by atoms with Gasteiger partial charge in [0.1, 0.15) is 12.1 Å². The summed E-state index contributed by atoms with van der Waals surface area (Å²) in [5.74, 6) is 0.0592. The molecule has 7 nitrogen and oxygen atoms in total. The first-order valence-electron chi connectivity index (χ1n) is 17.1. The first kappa shape index (κ1) is 32.5. The van der Waals surface area contributed by atoms with Crippen molar-refractivity contribution >= 4 is 17.7 Å². The van der Waals surface area contributed by atoms with Crippen molar-refractivity contribution in [2.24, 2.45) is 50.7 Å². The summed E-state index contributed by atoms with van der Waals surface area (Å²) in [6, 6.07) is -0.566. The van der Waals surface area contributed by atoms with Crippen LogP contribution in [0.3, 0.4) is 0 Å². The minimum atomic E-state index is -0.915. The Labute approximate surface area is 264 Å². The molecule has 2 unspecified atom stereocenters. The lowest BCUT2D eigenvalue weighted by Gasteiger charge is -2.64. The highest BCUT2D eigenvalue weighted by Crippen LogP contribution is 2.89. The van der Waals surface area contributed by atoms with Crippen LogP contribution in [0, 0.1) is 50.7 Å². The Kier molecular flexibility index (Phi) is 7.40. The van der Waals surface area contributed by atoms with Gasteiger partial charge in [-0.25, -0.2) is 4.84 Å². The Balaban J connectivity index is 1.28. The number of rotatable bonds is 6. The van der Waals surface area contributed by atoms with E-state index in [0.717, 1.165) is 57.8 Å². The summed E-state index contributed by atoms with van der Waals surface area (Å²) >= 11 is 5.92. The molecule has 0 bridgehead atoms. The second-order valence-electron chi connectivity index (χ2n) is 18.1. The molecule has 1 saturated heterocycles. The van der Waals surface area contributed by atoms with E-state index in [0.29, 0.717) is 5.92 Å². The molecule has 6 aliphatic rings. The average molecular weight is 624 g/mol. The number of hydrogen-bond donors (Lipinski definition) is 4. The molecule has 2 spiro atoms. The maximum atomic E-state index is 13.1. The van der Waals surface area contributed by atoms with Gasteiger partial charge in [0.15, 0.2) is 0 Å². The predicted molar refractivity (Wildman–Crippen MR) is 166 cm³/mol. The van der Waals surface area contributed by atoms with E-state index in [1.165, 1.54) is 0 Å². The zero-order valence-electron chi connectivity index (χ0n) is 28.0. The highest BCUT2D eigenvalue weighted by atomic mass is 35.5. The van der Waals surface area contributed by atoms with Crippen LogP contribution in [0.25, 0.3) is 0 Å². The van der Waals surface area contributed by atoms with Gasteiger partial charge in [-0.15, -0.1) is 0 Å². The minimum absolute atomic E-state index is 0.0107. The van der Waals surface area contributed by atoms with E-state index in [2.05, 4.69) is 39.5 Å². The molecule has 0 aromatic carbocycles. The molecule has 1 heterocycles. The van der Waals surface area contributed by atoms with Crippen LogP contribution in [0.1, 0.15) is 120 Å². The fourth-order valence-corrected chi connectivity index (χ4v) is 13.3. The van der Waals surface area contributed by atoms with Crippen LogP contribution < -0.4 is 4.84 Å². The van der Waals surface area contributed by atoms with Crippen molar-refractivity contribution in [1.82, 2.24) is 4.84 Å². The maximum absolute atomic E-state index is 13.1. The van der Waals surface area contributed by atoms with E-state index in [1.54, 1.807) is 0 Å². The molecule has 0 amide bonds. The Morgan fingerprint density at radius 2 is 1.63 bits per heavy atom. The summed E-state index contributed by atoms with van der Waals surface area (Å²) in [5, 5.41) is 34.8. The highest BCUT2D eigenvalue weighted by Gasteiger charge is 2.85. The smallest absolute Gasteiger partial charge is 0.324 e. The zero-order valence-corrected chi connectivity index (χ0v) is 28.8. The second-order valence-corrected chi connectivity index (χ2v) is 18.4. The molecule has 5 saturated carbocycles. The third-order valence-electron chi connectivity index (χ3n) is 15.0. The molecule has 6 fully saturated rings. The minimum Gasteiger partial charge on any atom is -0.461 e. The van der Waals surface area contributed by atoms with Gasteiger partial charge in [-0.3, -0.25) is 4.79 Å². The van der Waals surface area contributed by atoms with Crippen LogP contribution >= 0.6 is 11.8 Å². The van der Waals surface area contributed by atoms with E-state index in [9.17, 15) is 20.1 Å². The molecule has 5 aliphatic carbocycles. The fraction of sp³-hybridized carbons (Fsp3) is 0.971. The average Bonchev–Trinajstić information content (AvgIpc) is 3.23. The van der Waals surface area contributed by atoms with Gasteiger partial charge < -0.3 is 24.8 Å². The first-order valence-corrected chi connectivity index (χ1v) is 17.4. The quantitative estimate of drug-likeness (QED) is 0.220. The number of ether oxygens (including phenoxy) is 2. The molecule has 13 atom stereocenters. The number of carbonyl (C=O) groups is 1. The summed E-state index contributed by atoms with van der Waals surface area (Å²) in [5.41, 5.74) is -1.85. The molecule has 0 aromatic heterocycles. The van der Waals surface area contributed by atoms with Gasteiger partial charge in [0.2, 0.25) is 0 Å². The van der Waals surface area contributed by atoms with Crippen LogP contribution in [0.2, 0.25) is 0 Å². The molecule has 43 heavy (non-hydrogen) atoms. The number of halogens is 1. The fourth-order valence-electron chi connectivity index (χ4n) is 13.0.